The van der Waals surface area contributed by atoms with Gasteiger partial charge in [-0.05, 0) is 39.7 Å². The molecule has 0 saturated heterocycles. The molecule has 8 nitrogen and oxygen atoms in total. The van der Waals surface area contributed by atoms with E-state index in [4.69, 9.17) is 4.52 Å². The number of nitrogens with one attached hydrogen (secondary N) is 2. The van der Waals surface area contributed by atoms with Crippen LogP contribution in [0.15, 0.2) is 9.52 Å². The van der Waals surface area contributed by atoms with Gasteiger partial charge in [0, 0.05) is 37.7 Å². The van der Waals surface area contributed by atoms with Gasteiger partial charge >= 0.3 is 0 Å². The molecule has 0 bridgehead atoms. The molecular formula is C19H34IN7O. The summed E-state index contributed by atoms with van der Waals surface area (Å²) in [5.74, 6) is 2.45. The van der Waals surface area contributed by atoms with E-state index >= 15 is 0 Å². The summed E-state index contributed by atoms with van der Waals surface area (Å²) >= 11 is 0. The van der Waals surface area contributed by atoms with Crippen molar-refractivity contribution >= 4 is 29.9 Å². The zero-order chi connectivity index (χ0) is 20.0. The molecule has 2 N–H and O–H groups in total. The fourth-order valence-corrected chi connectivity index (χ4v) is 2.89. The van der Waals surface area contributed by atoms with Gasteiger partial charge in [-0.3, -0.25) is 9.67 Å². The van der Waals surface area contributed by atoms with Crippen LogP contribution in [0.5, 0.6) is 0 Å². The van der Waals surface area contributed by atoms with Crippen molar-refractivity contribution in [3.8, 4) is 0 Å². The normalized spacial score (nSPS) is 12.8. The Morgan fingerprint density at radius 3 is 2.50 bits per heavy atom. The van der Waals surface area contributed by atoms with Gasteiger partial charge in [-0.15, -0.1) is 24.0 Å². The summed E-state index contributed by atoms with van der Waals surface area (Å²) < 4.78 is 7.21. The van der Waals surface area contributed by atoms with Crippen LogP contribution in [0.4, 0.5) is 0 Å². The summed E-state index contributed by atoms with van der Waals surface area (Å²) in [6.45, 7) is 13.9. The van der Waals surface area contributed by atoms with E-state index in [9.17, 15) is 0 Å². The highest BCUT2D eigenvalue weighted by Gasteiger charge is 2.14. The lowest BCUT2D eigenvalue weighted by Gasteiger charge is -2.18. The van der Waals surface area contributed by atoms with Gasteiger partial charge in [0.2, 0.25) is 5.89 Å². The van der Waals surface area contributed by atoms with Crippen molar-refractivity contribution in [1.82, 2.24) is 30.6 Å². The molecular weight excluding hydrogens is 469 g/mol. The first kappa shape index (κ1) is 24.4. The van der Waals surface area contributed by atoms with Gasteiger partial charge in [-0.25, -0.2) is 0 Å². The van der Waals surface area contributed by atoms with Crippen molar-refractivity contribution in [2.75, 3.05) is 13.1 Å². The standard InChI is InChI=1S/C19H33N7O.HI/c1-8-20-19(21-10-9-17-23-18(12(2)3)25-27-17)22-13(4)11-16-14(5)24-26(7)15(16)6;/h12-13H,8-11H2,1-7H3,(H2,20,21,22);1H. The summed E-state index contributed by atoms with van der Waals surface area (Å²) in [5, 5.41) is 15.3. The Balaban J connectivity index is 0.00000392. The second-order valence-electron chi connectivity index (χ2n) is 7.23. The highest BCUT2D eigenvalue weighted by Crippen LogP contribution is 2.14. The predicted octanol–water partition coefficient (Wildman–Crippen LogP) is 2.89. The number of hydrogen-bond acceptors (Lipinski definition) is 5. The Bertz CT molecular complexity index is 766. The minimum absolute atomic E-state index is 0. The van der Waals surface area contributed by atoms with Crippen LogP contribution in [-0.2, 0) is 19.9 Å². The van der Waals surface area contributed by atoms with Crippen molar-refractivity contribution in [2.45, 2.75) is 66.3 Å². The molecule has 2 rings (SSSR count). The largest absolute Gasteiger partial charge is 0.357 e. The Morgan fingerprint density at radius 1 is 1.25 bits per heavy atom. The molecule has 0 fully saturated rings. The maximum atomic E-state index is 5.28. The molecule has 0 saturated carbocycles. The minimum atomic E-state index is 0. The van der Waals surface area contributed by atoms with E-state index in [-0.39, 0.29) is 35.9 Å². The fourth-order valence-electron chi connectivity index (χ4n) is 2.89. The summed E-state index contributed by atoms with van der Waals surface area (Å²) in [5.41, 5.74) is 3.59. The van der Waals surface area contributed by atoms with Crippen LogP contribution in [0.1, 0.15) is 62.3 Å². The first-order chi connectivity index (χ1) is 12.8. The van der Waals surface area contributed by atoms with E-state index in [0.717, 1.165) is 30.4 Å². The highest BCUT2D eigenvalue weighted by molar-refractivity contribution is 14.0. The lowest BCUT2D eigenvalue weighted by Crippen LogP contribution is -2.43. The first-order valence-corrected chi connectivity index (χ1v) is 9.68. The van der Waals surface area contributed by atoms with Gasteiger partial charge in [-0.2, -0.15) is 10.1 Å². The number of nitrogens with zero attached hydrogens (tertiary/aromatic N) is 5. The van der Waals surface area contributed by atoms with Crippen molar-refractivity contribution in [3.05, 3.63) is 28.7 Å². The van der Waals surface area contributed by atoms with Crippen LogP contribution in [0.25, 0.3) is 0 Å². The Hall–Kier alpha value is -1.65. The molecule has 0 amide bonds. The van der Waals surface area contributed by atoms with Gasteiger partial charge in [-0.1, -0.05) is 19.0 Å². The van der Waals surface area contributed by atoms with Crippen molar-refractivity contribution in [2.24, 2.45) is 12.0 Å². The van der Waals surface area contributed by atoms with Gasteiger partial charge in [0.25, 0.3) is 0 Å². The second kappa shape index (κ2) is 11.4. The average Bonchev–Trinajstić information content (AvgIpc) is 3.16. The van der Waals surface area contributed by atoms with Gasteiger partial charge in [0.05, 0.1) is 12.2 Å². The molecule has 0 aliphatic rings. The van der Waals surface area contributed by atoms with Crippen molar-refractivity contribution in [1.29, 1.82) is 0 Å². The zero-order valence-electron chi connectivity index (χ0n) is 18.0. The monoisotopic (exact) mass is 503 g/mol. The maximum Gasteiger partial charge on any atom is 0.228 e. The second-order valence-corrected chi connectivity index (χ2v) is 7.23. The summed E-state index contributed by atoms with van der Waals surface area (Å²) in [6.07, 6.45) is 1.53. The van der Waals surface area contributed by atoms with E-state index in [1.54, 1.807) is 0 Å². The Morgan fingerprint density at radius 2 is 1.96 bits per heavy atom. The number of aryl methyl sites for hydroxylation is 2. The average molecular weight is 503 g/mol. The zero-order valence-corrected chi connectivity index (χ0v) is 20.4. The molecule has 1 atom stereocenters. The molecule has 28 heavy (non-hydrogen) atoms. The first-order valence-electron chi connectivity index (χ1n) is 9.68. The topological polar surface area (TPSA) is 93.2 Å². The van der Waals surface area contributed by atoms with E-state index < -0.39 is 0 Å². The van der Waals surface area contributed by atoms with E-state index in [0.29, 0.717) is 18.9 Å². The van der Waals surface area contributed by atoms with Crippen LogP contribution in [0, 0.1) is 13.8 Å². The molecule has 9 heteroatoms. The van der Waals surface area contributed by atoms with Gasteiger partial charge in [0.15, 0.2) is 11.8 Å². The Kier molecular flexibility index (Phi) is 9.91. The number of rotatable bonds is 8. The van der Waals surface area contributed by atoms with E-state index in [2.05, 4.69) is 58.6 Å². The molecule has 1 unspecified atom stereocenters. The van der Waals surface area contributed by atoms with Gasteiger partial charge in [0.1, 0.15) is 0 Å². The molecule has 0 aromatic carbocycles. The molecule has 0 aliphatic heterocycles. The van der Waals surface area contributed by atoms with Crippen molar-refractivity contribution in [3.63, 3.8) is 0 Å². The number of halogens is 1. The third-order valence-electron chi connectivity index (χ3n) is 4.49. The molecule has 2 heterocycles. The lowest BCUT2D eigenvalue weighted by molar-refractivity contribution is 0.372. The quantitative estimate of drug-likeness (QED) is 0.327. The number of guanidine groups is 1. The van der Waals surface area contributed by atoms with E-state index in [1.807, 2.05) is 25.6 Å². The lowest BCUT2D eigenvalue weighted by atomic mass is 10.1. The van der Waals surface area contributed by atoms with E-state index in [1.165, 1.54) is 11.3 Å². The molecule has 0 aliphatic carbocycles. The predicted molar refractivity (Wildman–Crippen MR) is 122 cm³/mol. The Labute approximate surface area is 185 Å². The minimum Gasteiger partial charge on any atom is -0.357 e. The van der Waals surface area contributed by atoms with Crippen LogP contribution in [0.3, 0.4) is 0 Å². The third-order valence-corrected chi connectivity index (χ3v) is 4.49. The number of aromatic nitrogens is 4. The fraction of sp³-hybridized carbons (Fsp3) is 0.684. The number of aliphatic imine (C=N–C) groups is 1. The third kappa shape index (κ3) is 6.75. The summed E-state index contributed by atoms with van der Waals surface area (Å²) in [6, 6.07) is 0.236. The molecule has 2 aromatic heterocycles. The van der Waals surface area contributed by atoms with Crippen LogP contribution < -0.4 is 10.6 Å². The maximum absolute atomic E-state index is 5.28. The van der Waals surface area contributed by atoms with Crippen LogP contribution in [-0.4, -0.2) is 45.0 Å². The molecule has 158 valence electrons. The summed E-state index contributed by atoms with van der Waals surface area (Å²) in [4.78, 5) is 9.03. The molecule has 0 spiro atoms. The van der Waals surface area contributed by atoms with Crippen LogP contribution in [0.2, 0.25) is 0 Å². The highest BCUT2D eigenvalue weighted by atomic mass is 127. The SMILES string of the molecule is CCNC(=NCCc1nc(C(C)C)no1)NC(C)Cc1c(C)nn(C)c1C.I. The van der Waals surface area contributed by atoms with Crippen molar-refractivity contribution < 1.29 is 4.52 Å². The van der Waals surface area contributed by atoms with Crippen LogP contribution >= 0.6 is 24.0 Å². The molecule has 2 aromatic rings. The molecule has 0 radical (unpaired) electrons. The van der Waals surface area contributed by atoms with Gasteiger partial charge < -0.3 is 15.2 Å². The number of hydrogen-bond donors (Lipinski definition) is 2. The smallest absolute Gasteiger partial charge is 0.228 e. The summed E-state index contributed by atoms with van der Waals surface area (Å²) in [7, 11) is 1.98.